The Kier molecular flexibility index (Phi) is 4.49. The number of halogens is 1. The number of phenols is 1. The Hall–Kier alpha value is -1.80. The number of aromatic hydroxyl groups is 1. The van der Waals surface area contributed by atoms with E-state index in [-0.39, 0.29) is 11.7 Å². The van der Waals surface area contributed by atoms with E-state index in [0.717, 1.165) is 14.8 Å². The van der Waals surface area contributed by atoms with Gasteiger partial charge in [-0.25, -0.2) is 4.99 Å². The summed E-state index contributed by atoms with van der Waals surface area (Å²) in [4.78, 5) is 17.0. The number of hydrogen-bond acceptors (Lipinski definition) is 4. The SMILES string of the molecule is O=C1NC(=Nc2ccc(I)cc2)S/C1=C/c1ccc(O)cc1. The van der Waals surface area contributed by atoms with Crippen LogP contribution in [-0.2, 0) is 4.79 Å². The highest BCUT2D eigenvalue weighted by molar-refractivity contribution is 14.1. The predicted molar refractivity (Wildman–Crippen MR) is 98.1 cm³/mol. The van der Waals surface area contributed by atoms with Crippen LogP contribution in [0.1, 0.15) is 5.56 Å². The second-order valence-electron chi connectivity index (χ2n) is 4.55. The van der Waals surface area contributed by atoms with Crippen molar-refractivity contribution in [2.45, 2.75) is 0 Å². The van der Waals surface area contributed by atoms with E-state index in [1.54, 1.807) is 30.3 Å². The van der Waals surface area contributed by atoms with Crippen LogP contribution in [-0.4, -0.2) is 16.2 Å². The lowest BCUT2D eigenvalue weighted by Crippen LogP contribution is -2.19. The van der Waals surface area contributed by atoms with Crippen LogP contribution < -0.4 is 5.32 Å². The molecule has 0 bridgehead atoms. The van der Waals surface area contributed by atoms with Gasteiger partial charge in [0.1, 0.15) is 5.75 Å². The Bertz CT molecular complexity index is 768. The van der Waals surface area contributed by atoms with Crippen LogP contribution in [0.25, 0.3) is 6.08 Å². The number of phenolic OH excluding ortho intramolecular Hbond substituents is 1. The lowest BCUT2D eigenvalue weighted by Gasteiger charge is -1.96. The highest BCUT2D eigenvalue weighted by atomic mass is 127. The van der Waals surface area contributed by atoms with Gasteiger partial charge in [-0.3, -0.25) is 4.79 Å². The van der Waals surface area contributed by atoms with E-state index in [9.17, 15) is 9.90 Å². The van der Waals surface area contributed by atoms with Crippen molar-refractivity contribution in [1.82, 2.24) is 5.32 Å². The number of thioether (sulfide) groups is 1. The van der Waals surface area contributed by atoms with E-state index in [1.165, 1.54) is 11.8 Å². The number of carbonyl (C=O) groups is 1. The van der Waals surface area contributed by atoms with E-state index in [0.29, 0.717) is 10.1 Å². The molecular weight excluding hydrogens is 411 g/mol. The van der Waals surface area contributed by atoms with Gasteiger partial charge in [-0.15, -0.1) is 0 Å². The summed E-state index contributed by atoms with van der Waals surface area (Å²) in [6, 6.07) is 14.4. The first-order valence-corrected chi connectivity index (χ1v) is 8.34. The van der Waals surface area contributed by atoms with Crippen molar-refractivity contribution in [3.8, 4) is 5.75 Å². The minimum atomic E-state index is -0.165. The fraction of sp³-hybridized carbons (Fsp3) is 0. The van der Waals surface area contributed by atoms with Crippen LogP contribution in [0.2, 0.25) is 0 Å². The molecule has 22 heavy (non-hydrogen) atoms. The Morgan fingerprint density at radius 3 is 2.45 bits per heavy atom. The van der Waals surface area contributed by atoms with Gasteiger partial charge < -0.3 is 10.4 Å². The van der Waals surface area contributed by atoms with Crippen LogP contribution in [0.3, 0.4) is 0 Å². The van der Waals surface area contributed by atoms with Crippen molar-refractivity contribution in [1.29, 1.82) is 0 Å². The highest BCUT2D eigenvalue weighted by Crippen LogP contribution is 2.28. The molecule has 2 aromatic carbocycles. The number of nitrogens with one attached hydrogen (secondary N) is 1. The van der Waals surface area contributed by atoms with Gasteiger partial charge in [0, 0.05) is 3.57 Å². The van der Waals surface area contributed by atoms with Crippen molar-refractivity contribution < 1.29 is 9.90 Å². The van der Waals surface area contributed by atoms with Gasteiger partial charge >= 0.3 is 0 Å². The van der Waals surface area contributed by atoms with E-state index in [4.69, 9.17) is 0 Å². The average Bonchev–Trinajstić information content (AvgIpc) is 2.84. The monoisotopic (exact) mass is 422 g/mol. The largest absolute Gasteiger partial charge is 0.508 e. The Morgan fingerprint density at radius 1 is 1.09 bits per heavy atom. The van der Waals surface area contributed by atoms with Crippen molar-refractivity contribution in [2.24, 2.45) is 4.99 Å². The summed E-state index contributed by atoms with van der Waals surface area (Å²) < 4.78 is 1.14. The van der Waals surface area contributed by atoms with Gasteiger partial charge in [-0.1, -0.05) is 12.1 Å². The van der Waals surface area contributed by atoms with Crippen LogP contribution in [0.5, 0.6) is 5.75 Å². The summed E-state index contributed by atoms with van der Waals surface area (Å²) in [5.41, 5.74) is 1.65. The summed E-state index contributed by atoms with van der Waals surface area (Å²) in [6.45, 7) is 0. The fourth-order valence-corrected chi connectivity index (χ4v) is 3.04. The van der Waals surface area contributed by atoms with E-state index >= 15 is 0 Å². The molecule has 0 aromatic heterocycles. The highest BCUT2D eigenvalue weighted by Gasteiger charge is 2.23. The van der Waals surface area contributed by atoms with Gasteiger partial charge in [-0.2, -0.15) is 0 Å². The minimum absolute atomic E-state index is 0.165. The van der Waals surface area contributed by atoms with Gasteiger partial charge in [0.25, 0.3) is 5.91 Å². The Balaban J connectivity index is 1.80. The average molecular weight is 422 g/mol. The molecule has 0 aliphatic carbocycles. The van der Waals surface area contributed by atoms with Crippen LogP contribution in [0.4, 0.5) is 5.69 Å². The maximum absolute atomic E-state index is 12.0. The van der Waals surface area contributed by atoms with Crippen molar-refractivity contribution in [3.05, 3.63) is 62.6 Å². The first-order valence-electron chi connectivity index (χ1n) is 6.44. The molecule has 0 spiro atoms. The van der Waals surface area contributed by atoms with Crippen molar-refractivity contribution >= 4 is 57.2 Å². The molecular formula is C16H11IN2O2S. The molecule has 2 N–H and O–H groups in total. The molecule has 6 heteroatoms. The summed E-state index contributed by atoms with van der Waals surface area (Å²) in [5, 5.41) is 12.6. The third-order valence-electron chi connectivity index (χ3n) is 2.90. The Labute approximate surface area is 145 Å². The minimum Gasteiger partial charge on any atom is -0.508 e. The number of aliphatic imine (C=N–C) groups is 1. The third kappa shape index (κ3) is 3.69. The number of nitrogens with zero attached hydrogens (tertiary/aromatic N) is 1. The zero-order valence-electron chi connectivity index (χ0n) is 11.3. The zero-order chi connectivity index (χ0) is 15.5. The number of amides is 1. The van der Waals surface area contributed by atoms with E-state index < -0.39 is 0 Å². The zero-order valence-corrected chi connectivity index (χ0v) is 14.3. The number of amidine groups is 1. The molecule has 3 rings (SSSR count). The van der Waals surface area contributed by atoms with Crippen molar-refractivity contribution in [2.75, 3.05) is 0 Å². The van der Waals surface area contributed by atoms with Gasteiger partial charge in [0.05, 0.1) is 10.6 Å². The maximum Gasteiger partial charge on any atom is 0.264 e. The normalized spacial score (nSPS) is 18.0. The molecule has 1 fully saturated rings. The molecule has 1 heterocycles. The molecule has 0 saturated carbocycles. The first kappa shape index (κ1) is 15.1. The van der Waals surface area contributed by atoms with Gasteiger partial charge in [-0.05, 0) is 82.4 Å². The molecule has 1 aliphatic heterocycles. The number of rotatable bonds is 2. The van der Waals surface area contributed by atoms with Crippen LogP contribution in [0.15, 0.2) is 58.4 Å². The van der Waals surface area contributed by atoms with Crippen LogP contribution in [0, 0.1) is 3.57 Å². The molecule has 4 nitrogen and oxygen atoms in total. The lowest BCUT2D eigenvalue weighted by molar-refractivity contribution is -0.115. The van der Waals surface area contributed by atoms with Gasteiger partial charge in [0.2, 0.25) is 0 Å². The van der Waals surface area contributed by atoms with Crippen molar-refractivity contribution in [3.63, 3.8) is 0 Å². The fourth-order valence-electron chi connectivity index (χ4n) is 1.84. The summed E-state index contributed by atoms with van der Waals surface area (Å²) in [5.74, 6) is 0.0361. The predicted octanol–water partition coefficient (Wildman–Crippen LogP) is 3.89. The molecule has 0 radical (unpaired) electrons. The standard InChI is InChI=1S/C16H11IN2O2S/c17-11-3-5-12(6-4-11)18-16-19-15(21)14(22-16)9-10-1-7-13(20)8-2-10/h1-9,20H,(H,18,19,21)/b14-9+. The molecule has 110 valence electrons. The molecule has 1 saturated heterocycles. The quantitative estimate of drug-likeness (QED) is 0.571. The smallest absolute Gasteiger partial charge is 0.264 e. The summed E-state index contributed by atoms with van der Waals surface area (Å²) in [6.07, 6.45) is 1.77. The molecule has 1 aliphatic rings. The number of hydrogen-bond donors (Lipinski definition) is 2. The second kappa shape index (κ2) is 6.53. The topological polar surface area (TPSA) is 61.7 Å². The molecule has 1 amide bonds. The summed E-state index contributed by atoms with van der Waals surface area (Å²) >= 11 is 3.53. The maximum atomic E-state index is 12.0. The summed E-state index contributed by atoms with van der Waals surface area (Å²) in [7, 11) is 0. The van der Waals surface area contributed by atoms with E-state index in [2.05, 4.69) is 32.9 Å². The van der Waals surface area contributed by atoms with Gasteiger partial charge in [0.15, 0.2) is 5.17 Å². The number of carbonyl (C=O) groups excluding carboxylic acids is 1. The first-order chi connectivity index (χ1) is 10.6. The second-order valence-corrected chi connectivity index (χ2v) is 6.83. The number of benzene rings is 2. The molecule has 0 unspecified atom stereocenters. The molecule has 2 aromatic rings. The lowest BCUT2D eigenvalue weighted by atomic mass is 10.2. The van der Waals surface area contributed by atoms with Crippen LogP contribution >= 0.6 is 34.4 Å². The molecule has 0 atom stereocenters. The third-order valence-corrected chi connectivity index (χ3v) is 4.53. The van der Waals surface area contributed by atoms with E-state index in [1.807, 2.05) is 24.3 Å². The Morgan fingerprint density at radius 2 is 1.77 bits per heavy atom.